The minimum absolute atomic E-state index is 0.00640. The summed E-state index contributed by atoms with van der Waals surface area (Å²) in [5, 5.41) is 2.80. The molecule has 0 heterocycles. The lowest BCUT2D eigenvalue weighted by atomic mass is 10.1. The minimum atomic E-state index is -3.29. The number of anilines is 1. The van der Waals surface area contributed by atoms with Gasteiger partial charge in [0.05, 0.1) is 18.6 Å². The monoisotopic (exact) mass is 395 g/mol. The highest BCUT2D eigenvalue weighted by Crippen LogP contribution is 2.17. The van der Waals surface area contributed by atoms with Crippen LogP contribution in [-0.4, -0.2) is 21.4 Å². The van der Waals surface area contributed by atoms with E-state index in [1.807, 2.05) is 18.2 Å². The van der Waals surface area contributed by atoms with Crippen molar-refractivity contribution in [2.45, 2.75) is 11.5 Å². The van der Waals surface area contributed by atoms with Crippen molar-refractivity contribution in [3.05, 3.63) is 95.6 Å². The summed E-state index contributed by atoms with van der Waals surface area (Å²) >= 11 is 0. The number of rotatable bonds is 7. The Hall–Kier alpha value is -3.12. The second kappa shape index (κ2) is 8.71. The molecule has 0 bridgehead atoms. The maximum atomic E-state index is 12.4. The molecule has 5 nitrogen and oxygen atoms in total. The van der Waals surface area contributed by atoms with Crippen LogP contribution >= 0.6 is 0 Å². The number of nitrogens with one attached hydrogen (secondary N) is 1. The molecule has 3 rings (SSSR count). The van der Waals surface area contributed by atoms with E-state index >= 15 is 0 Å². The number of amides is 1. The van der Waals surface area contributed by atoms with Gasteiger partial charge >= 0.3 is 0 Å². The highest BCUT2D eigenvalue weighted by Gasteiger charge is 2.14. The summed E-state index contributed by atoms with van der Waals surface area (Å²) < 4.78 is 29.9. The lowest BCUT2D eigenvalue weighted by Gasteiger charge is -2.08. The molecule has 28 heavy (non-hydrogen) atoms. The number of benzene rings is 3. The van der Waals surface area contributed by atoms with Crippen LogP contribution in [0.25, 0.3) is 0 Å². The summed E-state index contributed by atoms with van der Waals surface area (Å²) in [5.74, 6) is 0.374. The Kier molecular flexibility index (Phi) is 6.11. The van der Waals surface area contributed by atoms with Crippen LogP contribution in [0, 0.1) is 0 Å². The van der Waals surface area contributed by atoms with E-state index in [9.17, 15) is 13.2 Å². The number of sulfone groups is 1. The van der Waals surface area contributed by atoms with Crippen LogP contribution in [0.1, 0.15) is 21.5 Å². The van der Waals surface area contributed by atoms with E-state index in [1.165, 1.54) is 0 Å². The summed E-state index contributed by atoms with van der Waals surface area (Å²) in [6.07, 6.45) is 0. The van der Waals surface area contributed by atoms with Crippen LogP contribution < -0.4 is 10.1 Å². The summed E-state index contributed by atoms with van der Waals surface area (Å²) in [5.41, 5.74) is 2.52. The molecule has 0 spiro atoms. The zero-order valence-corrected chi connectivity index (χ0v) is 16.3. The van der Waals surface area contributed by atoms with E-state index in [1.54, 1.807) is 67.8 Å². The van der Waals surface area contributed by atoms with Crippen LogP contribution in [0.15, 0.2) is 78.9 Å². The average Bonchev–Trinajstić information content (AvgIpc) is 2.69. The smallest absolute Gasteiger partial charge is 0.255 e. The molecule has 3 aromatic carbocycles. The fourth-order valence-corrected chi connectivity index (χ4v) is 4.27. The molecule has 0 saturated heterocycles. The standard InChI is InChI=1S/C22H21NO4S/c1-27-21-13-11-20(12-14-21)23-22(24)19-9-7-18(8-10-19)16-28(25,26)15-17-5-3-2-4-6-17/h2-14H,15-16H2,1H3,(H,23,24). The topological polar surface area (TPSA) is 72.5 Å². The molecule has 0 saturated carbocycles. The number of carbonyl (C=O) groups excluding carboxylic acids is 1. The third-order valence-electron chi connectivity index (χ3n) is 4.18. The predicted octanol–water partition coefficient (Wildman–Crippen LogP) is 4.06. The largest absolute Gasteiger partial charge is 0.497 e. The summed E-state index contributed by atoms with van der Waals surface area (Å²) in [6, 6.07) is 22.7. The van der Waals surface area contributed by atoms with Crippen molar-refractivity contribution in [1.29, 1.82) is 0 Å². The molecule has 6 heteroatoms. The Morgan fingerprint density at radius 2 is 1.39 bits per heavy atom. The van der Waals surface area contributed by atoms with Gasteiger partial charge in [-0.1, -0.05) is 42.5 Å². The molecular weight excluding hydrogens is 374 g/mol. The zero-order valence-electron chi connectivity index (χ0n) is 15.5. The lowest BCUT2D eigenvalue weighted by molar-refractivity contribution is 0.102. The fraction of sp³-hybridized carbons (Fsp3) is 0.136. The molecule has 0 fully saturated rings. The number of ether oxygens (including phenoxy) is 1. The first-order chi connectivity index (χ1) is 13.4. The second-order valence-electron chi connectivity index (χ2n) is 6.40. The predicted molar refractivity (Wildman–Crippen MR) is 110 cm³/mol. The molecule has 0 aliphatic heterocycles. The fourth-order valence-electron chi connectivity index (χ4n) is 2.76. The van der Waals surface area contributed by atoms with Gasteiger partial charge in [0.15, 0.2) is 9.84 Å². The quantitative estimate of drug-likeness (QED) is 0.655. The van der Waals surface area contributed by atoms with Gasteiger partial charge in [-0.3, -0.25) is 4.79 Å². The molecule has 144 valence electrons. The summed E-state index contributed by atoms with van der Waals surface area (Å²) in [4.78, 5) is 12.3. The Balaban J connectivity index is 1.63. The van der Waals surface area contributed by atoms with Gasteiger partial charge in [-0.15, -0.1) is 0 Å². The second-order valence-corrected chi connectivity index (χ2v) is 8.46. The van der Waals surface area contributed by atoms with Crippen molar-refractivity contribution in [2.75, 3.05) is 12.4 Å². The van der Waals surface area contributed by atoms with Gasteiger partial charge in [-0.25, -0.2) is 8.42 Å². The molecule has 0 radical (unpaired) electrons. The number of methoxy groups -OCH3 is 1. The van der Waals surface area contributed by atoms with Crippen molar-refractivity contribution >= 4 is 21.4 Å². The minimum Gasteiger partial charge on any atom is -0.497 e. The van der Waals surface area contributed by atoms with E-state index in [2.05, 4.69) is 5.32 Å². The Morgan fingerprint density at radius 3 is 1.96 bits per heavy atom. The normalized spacial score (nSPS) is 11.0. The first kappa shape index (κ1) is 19.6. The maximum Gasteiger partial charge on any atom is 0.255 e. The molecule has 0 unspecified atom stereocenters. The van der Waals surface area contributed by atoms with Crippen molar-refractivity contribution in [3.8, 4) is 5.75 Å². The van der Waals surface area contributed by atoms with Gasteiger partial charge in [0.25, 0.3) is 5.91 Å². The van der Waals surface area contributed by atoms with Gasteiger partial charge in [0, 0.05) is 11.3 Å². The summed E-state index contributed by atoms with van der Waals surface area (Å²) in [6.45, 7) is 0. The highest BCUT2D eigenvalue weighted by molar-refractivity contribution is 7.89. The van der Waals surface area contributed by atoms with Crippen LogP contribution in [0.2, 0.25) is 0 Å². The first-order valence-electron chi connectivity index (χ1n) is 8.74. The Labute approximate surface area is 164 Å². The molecular formula is C22H21NO4S. The average molecular weight is 395 g/mol. The van der Waals surface area contributed by atoms with Crippen LogP contribution in [0.3, 0.4) is 0 Å². The molecule has 0 aromatic heterocycles. The Morgan fingerprint density at radius 1 is 0.821 bits per heavy atom. The lowest BCUT2D eigenvalue weighted by Crippen LogP contribution is -2.12. The third kappa shape index (κ3) is 5.44. The van der Waals surface area contributed by atoms with Crippen molar-refractivity contribution in [3.63, 3.8) is 0 Å². The number of hydrogen-bond donors (Lipinski definition) is 1. The zero-order chi connectivity index (χ0) is 20.0. The molecule has 0 aliphatic carbocycles. The van der Waals surface area contributed by atoms with Gasteiger partial charge in [-0.05, 0) is 47.5 Å². The van der Waals surface area contributed by atoms with E-state index in [0.717, 1.165) is 5.56 Å². The highest BCUT2D eigenvalue weighted by atomic mass is 32.2. The maximum absolute atomic E-state index is 12.4. The van der Waals surface area contributed by atoms with E-state index in [-0.39, 0.29) is 17.4 Å². The molecule has 0 aliphatic rings. The number of hydrogen-bond acceptors (Lipinski definition) is 4. The van der Waals surface area contributed by atoms with Crippen molar-refractivity contribution in [2.24, 2.45) is 0 Å². The molecule has 1 N–H and O–H groups in total. The number of carbonyl (C=O) groups is 1. The van der Waals surface area contributed by atoms with Gasteiger partial charge in [-0.2, -0.15) is 0 Å². The van der Waals surface area contributed by atoms with Gasteiger partial charge < -0.3 is 10.1 Å². The molecule has 1 amide bonds. The first-order valence-corrected chi connectivity index (χ1v) is 10.6. The van der Waals surface area contributed by atoms with E-state index < -0.39 is 9.84 Å². The van der Waals surface area contributed by atoms with E-state index in [0.29, 0.717) is 22.6 Å². The molecule has 0 atom stereocenters. The Bertz CT molecular complexity index is 1030. The van der Waals surface area contributed by atoms with Gasteiger partial charge in [0.2, 0.25) is 0 Å². The van der Waals surface area contributed by atoms with Crippen LogP contribution in [0.4, 0.5) is 5.69 Å². The summed E-state index contributed by atoms with van der Waals surface area (Å²) in [7, 11) is -1.71. The van der Waals surface area contributed by atoms with Crippen LogP contribution in [-0.2, 0) is 21.3 Å². The van der Waals surface area contributed by atoms with Crippen molar-refractivity contribution < 1.29 is 17.9 Å². The van der Waals surface area contributed by atoms with Crippen molar-refractivity contribution in [1.82, 2.24) is 0 Å². The third-order valence-corrected chi connectivity index (χ3v) is 5.73. The van der Waals surface area contributed by atoms with Crippen LogP contribution in [0.5, 0.6) is 5.75 Å². The molecule has 3 aromatic rings. The SMILES string of the molecule is COc1ccc(NC(=O)c2ccc(CS(=O)(=O)Cc3ccccc3)cc2)cc1. The van der Waals surface area contributed by atoms with Gasteiger partial charge in [0.1, 0.15) is 5.75 Å². The van der Waals surface area contributed by atoms with E-state index in [4.69, 9.17) is 4.74 Å².